The second-order valence-corrected chi connectivity index (χ2v) is 3.33. The van der Waals surface area contributed by atoms with Gasteiger partial charge in [0.2, 0.25) is 0 Å². The van der Waals surface area contributed by atoms with Crippen molar-refractivity contribution in [1.29, 1.82) is 0 Å². The molecule has 60 valence electrons. The highest BCUT2D eigenvalue weighted by atomic mass is 19.1. The maximum atomic E-state index is 12.4. The van der Waals surface area contributed by atoms with E-state index < -0.39 is 0 Å². The minimum atomic E-state index is -0.270. The zero-order valence-electron chi connectivity index (χ0n) is 6.44. The van der Waals surface area contributed by atoms with E-state index in [-0.39, 0.29) is 12.1 Å². The summed E-state index contributed by atoms with van der Waals surface area (Å²) < 4.78 is 12.4. The predicted molar refractivity (Wildman–Crippen MR) is 39.6 cm³/mol. The van der Waals surface area contributed by atoms with Crippen molar-refractivity contribution in [3.63, 3.8) is 0 Å². The summed E-state index contributed by atoms with van der Waals surface area (Å²) in [5.74, 6) is 0. The summed E-state index contributed by atoms with van der Waals surface area (Å²) in [7, 11) is 2.01. The van der Waals surface area contributed by atoms with E-state index in [0.29, 0.717) is 6.54 Å². The molecule has 3 heteroatoms. The lowest BCUT2D eigenvalue weighted by Gasteiger charge is -2.22. The van der Waals surface area contributed by atoms with Gasteiger partial charge in [0.05, 0.1) is 6.67 Å². The first-order chi connectivity index (χ1) is 4.72. The number of nitrogens with two attached hydrogens (primary N) is 1. The molecule has 0 amide bonds. The molecule has 1 fully saturated rings. The van der Waals surface area contributed by atoms with Crippen LogP contribution in [-0.4, -0.2) is 38.3 Å². The van der Waals surface area contributed by atoms with Crippen LogP contribution < -0.4 is 5.73 Å². The molecule has 1 saturated heterocycles. The molecule has 0 spiro atoms. The van der Waals surface area contributed by atoms with Crippen LogP contribution in [0.25, 0.3) is 0 Å². The predicted octanol–water partition coefficient (Wildman–Crippen LogP) is 0.236. The zero-order chi connectivity index (χ0) is 7.61. The summed E-state index contributed by atoms with van der Waals surface area (Å²) in [6.07, 6.45) is 0.913. The fourth-order valence-corrected chi connectivity index (χ4v) is 1.49. The van der Waals surface area contributed by atoms with Gasteiger partial charge in [0.25, 0.3) is 0 Å². The number of hydrogen-bond donors (Lipinski definition) is 1. The first-order valence-corrected chi connectivity index (χ1v) is 3.67. The quantitative estimate of drug-likeness (QED) is 0.604. The van der Waals surface area contributed by atoms with Crippen molar-refractivity contribution in [2.45, 2.75) is 6.42 Å². The highest BCUT2D eigenvalue weighted by molar-refractivity contribution is 4.88. The fourth-order valence-electron chi connectivity index (χ4n) is 1.49. The summed E-state index contributed by atoms with van der Waals surface area (Å²) in [6, 6.07) is 0. The van der Waals surface area contributed by atoms with Crippen molar-refractivity contribution in [2.24, 2.45) is 11.1 Å². The molecule has 0 bridgehead atoms. The third kappa shape index (κ3) is 1.30. The lowest BCUT2D eigenvalue weighted by molar-refractivity contribution is 0.218. The number of hydrogen-bond acceptors (Lipinski definition) is 2. The van der Waals surface area contributed by atoms with Gasteiger partial charge in [0, 0.05) is 18.5 Å². The maximum absolute atomic E-state index is 12.4. The Kier molecular flexibility index (Phi) is 2.26. The molecule has 1 aliphatic heterocycles. The highest BCUT2D eigenvalue weighted by Gasteiger charge is 2.35. The largest absolute Gasteiger partial charge is 0.330 e. The summed E-state index contributed by atoms with van der Waals surface area (Å²) >= 11 is 0. The molecule has 0 aromatic rings. The van der Waals surface area contributed by atoms with E-state index in [1.807, 2.05) is 7.05 Å². The first-order valence-electron chi connectivity index (χ1n) is 3.67. The third-order valence-corrected chi connectivity index (χ3v) is 2.35. The van der Waals surface area contributed by atoms with Crippen molar-refractivity contribution in [3.05, 3.63) is 0 Å². The van der Waals surface area contributed by atoms with Crippen LogP contribution in [0.4, 0.5) is 4.39 Å². The molecule has 0 unspecified atom stereocenters. The Morgan fingerprint density at radius 1 is 1.70 bits per heavy atom. The summed E-state index contributed by atoms with van der Waals surface area (Å²) in [4.78, 5) is 2.13. The molecule has 1 atom stereocenters. The van der Waals surface area contributed by atoms with Gasteiger partial charge in [0.1, 0.15) is 0 Å². The number of nitrogens with zero attached hydrogens (tertiary/aromatic N) is 1. The molecule has 0 aromatic carbocycles. The minimum absolute atomic E-state index is 0.214. The average molecular weight is 146 g/mol. The van der Waals surface area contributed by atoms with Crippen molar-refractivity contribution >= 4 is 0 Å². The van der Waals surface area contributed by atoms with Gasteiger partial charge in [0.15, 0.2) is 0 Å². The van der Waals surface area contributed by atoms with E-state index in [0.717, 1.165) is 19.5 Å². The molecule has 0 aliphatic carbocycles. The molecule has 1 heterocycles. The smallest absolute Gasteiger partial charge is 0.0975 e. The number of alkyl halides is 1. The Hall–Kier alpha value is -0.150. The van der Waals surface area contributed by atoms with E-state index >= 15 is 0 Å². The molecule has 10 heavy (non-hydrogen) atoms. The van der Waals surface area contributed by atoms with Crippen LogP contribution in [0.3, 0.4) is 0 Å². The van der Waals surface area contributed by atoms with E-state index in [4.69, 9.17) is 5.73 Å². The Morgan fingerprint density at radius 3 is 2.60 bits per heavy atom. The van der Waals surface area contributed by atoms with Gasteiger partial charge in [-0.2, -0.15) is 0 Å². The minimum Gasteiger partial charge on any atom is -0.330 e. The Balaban J connectivity index is 2.51. The van der Waals surface area contributed by atoms with Gasteiger partial charge in [-0.25, -0.2) is 0 Å². The topological polar surface area (TPSA) is 29.3 Å². The molecule has 2 N–H and O–H groups in total. The van der Waals surface area contributed by atoms with Crippen molar-refractivity contribution < 1.29 is 4.39 Å². The number of halogens is 1. The van der Waals surface area contributed by atoms with Gasteiger partial charge >= 0.3 is 0 Å². The molecule has 2 nitrogen and oxygen atoms in total. The SMILES string of the molecule is CN1CC[C@](CN)(CF)C1. The van der Waals surface area contributed by atoms with E-state index in [2.05, 4.69) is 4.90 Å². The van der Waals surface area contributed by atoms with Crippen molar-refractivity contribution in [3.8, 4) is 0 Å². The monoisotopic (exact) mass is 146 g/mol. The van der Waals surface area contributed by atoms with Crippen LogP contribution >= 0.6 is 0 Å². The van der Waals surface area contributed by atoms with Gasteiger partial charge in [-0.3, -0.25) is 4.39 Å². The van der Waals surface area contributed by atoms with E-state index in [9.17, 15) is 4.39 Å². The van der Waals surface area contributed by atoms with Crippen LogP contribution in [0.15, 0.2) is 0 Å². The van der Waals surface area contributed by atoms with Crippen LogP contribution in [0.5, 0.6) is 0 Å². The van der Waals surface area contributed by atoms with Crippen LogP contribution in [0.2, 0.25) is 0 Å². The highest BCUT2D eigenvalue weighted by Crippen LogP contribution is 2.28. The molecular formula is C7H15FN2. The van der Waals surface area contributed by atoms with Gasteiger partial charge in [-0.1, -0.05) is 0 Å². The fraction of sp³-hybridized carbons (Fsp3) is 1.00. The normalized spacial score (nSPS) is 35.1. The average Bonchev–Trinajstić information content (AvgIpc) is 2.33. The van der Waals surface area contributed by atoms with Gasteiger partial charge < -0.3 is 10.6 Å². The third-order valence-electron chi connectivity index (χ3n) is 2.35. The van der Waals surface area contributed by atoms with Crippen LogP contribution in [0, 0.1) is 5.41 Å². The maximum Gasteiger partial charge on any atom is 0.0975 e. The lowest BCUT2D eigenvalue weighted by atomic mass is 9.89. The van der Waals surface area contributed by atoms with Crippen LogP contribution in [0.1, 0.15) is 6.42 Å². The molecule has 0 saturated carbocycles. The van der Waals surface area contributed by atoms with Gasteiger partial charge in [-0.05, 0) is 20.0 Å². The molecule has 0 radical (unpaired) electrons. The van der Waals surface area contributed by atoms with Crippen molar-refractivity contribution in [1.82, 2.24) is 4.90 Å². The first kappa shape index (κ1) is 7.95. The molecule has 0 aromatic heterocycles. The summed E-state index contributed by atoms with van der Waals surface area (Å²) in [5, 5.41) is 0. The second-order valence-electron chi connectivity index (χ2n) is 3.33. The molecule has 1 rings (SSSR count). The molecular weight excluding hydrogens is 131 g/mol. The lowest BCUT2D eigenvalue weighted by Crippen LogP contribution is -2.35. The van der Waals surface area contributed by atoms with Gasteiger partial charge in [-0.15, -0.1) is 0 Å². The van der Waals surface area contributed by atoms with E-state index in [1.165, 1.54) is 0 Å². The Morgan fingerprint density at radius 2 is 2.40 bits per heavy atom. The Labute approximate surface area is 61.2 Å². The van der Waals surface area contributed by atoms with E-state index in [1.54, 1.807) is 0 Å². The number of rotatable bonds is 2. The van der Waals surface area contributed by atoms with Crippen molar-refractivity contribution in [2.75, 3.05) is 33.4 Å². The Bertz CT molecular complexity index is 112. The zero-order valence-corrected chi connectivity index (χ0v) is 6.44. The summed E-state index contributed by atoms with van der Waals surface area (Å²) in [5.41, 5.74) is 5.26. The summed E-state index contributed by atoms with van der Waals surface area (Å²) in [6.45, 7) is 2.02. The number of likely N-dealkylation sites (tertiary alicyclic amines) is 1. The second kappa shape index (κ2) is 2.84. The standard InChI is InChI=1S/C7H15FN2/c1-10-3-2-7(4-8,5-9)6-10/h2-6,9H2,1H3/t7-/m1/s1. The van der Waals surface area contributed by atoms with Crippen LogP contribution in [-0.2, 0) is 0 Å². The molecule has 1 aliphatic rings.